The number of carbonyl (C=O) groups is 4. The largest absolute Gasteiger partial charge is 0.493 e. The van der Waals surface area contributed by atoms with Gasteiger partial charge < -0.3 is 29.2 Å². The number of ether oxygens (including phenoxy) is 2. The van der Waals surface area contributed by atoms with Crippen LogP contribution in [-0.4, -0.2) is 45.7 Å². The molecule has 74 heavy (non-hydrogen) atoms. The number of anilines is 2. The molecule has 0 aliphatic carbocycles. The molecule has 4 aromatic carbocycles. The van der Waals surface area contributed by atoms with Crippen molar-refractivity contribution in [1.82, 2.24) is 9.13 Å². The average molecular weight is 1040 g/mol. The molecule has 0 saturated heterocycles. The smallest absolute Gasteiger partial charge is 0.261 e. The second-order valence-corrected chi connectivity index (χ2v) is 19.4. The first-order valence-electron chi connectivity index (χ1n) is 23.2. The van der Waals surface area contributed by atoms with Crippen molar-refractivity contribution in [3.05, 3.63) is 232 Å². The number of Topliss-reactive ketones (excluding diaryl/α,β-unsaturated/α-hetero) is 2. The maximum Gasteiger partial charge on any atom is 0.261 e. The fourth-order valence-electron chi connectivity index (χ4n) is 8.59. The number of aromatic nitrogens is 2. The minimum absolute atomic E-state index is 0.00307. The van der Waals surface area contributed by atoms with Crippen molar-refractivity contribution in [2.24, 2.45) is 0 Å². The Kier molecular flexibility index (Phi) is 15.5. The van der Waals surface area contributed by atoms with E-state index in [1.54, 1.807) is 36.4 Å². The molecule has 2 atom stereocenters. The van der Waals surface area contributed by atoms with Crippen molar-refractivity contribution in [1.29, 1.82) is 0 Å². The van der Waals surface area contributed by atoms with E-state index in [-0.39, 0.29) is 85.5 Å². The van der Waals surface area contributed by atoms with Crippen LogP contribution in [0.1, 0.15) is 78.1 Å². The lowest BCUT2D eigenvalue weighted by Gasteiger charge is -2.17. The SMILES string of the molecule is O=C1Cc2ccc(OC[C@H](CC(=O)c3cccn(Cc4ccc(F)c(F)c4)c3=O)c3cccs3)cc2N1.O=C1Cc2ccc(OC[C@H](CC(=O)c3cccn(Cc4ccc(F)c(F)c4)c3=O)c3ccsc3)cc2N1. The summed E-state index contributed by atoms with van der Waals surface area (Å²) in [5.74, 6) is -4.19. The van der Waals surface area contributed by atoms with Gasteiger partial charge in [-0.25, -0.2) is 17.6 Å². The predicted molar refractivity (Wildman–Crippen MR) is 273 cm³/mol. The minimum Gasteiger partial charge on any atom is -0.493 e. The lowest BCUT2D eigenvalue weighted by molar-refractivity contribution is -0.115. The topological polar surface area (TPSA) is 155 Å². The highest BCUT2D eigenvalue weighted by atomic mass is 32.1. The van der Waals surface area contributed by atoms with Crippen LogP contribution >= 0.6 is 22.7 Å². The number of hydrogen-bond acceptors (Lipinski definition) is 10. The summed E-state index contributed by atoms with van der Waals surface area (Å²) in [6, 6.07) is 29.5. The summed E-state index contributed by atoms with van der Waals surface area (Å²) in [5, 5.41) is 11.4. The first-order chi connectivity index (χ1) is 35.7. The van der Waals surface area contributed by atoms with Crippen LogP contribution in [0.4, 0.5) is 28.9 Å². The second kappa shape index (κ2) is 22.7. The van der Waals surface area contributed by atoms with Gasteiger partial charge in [0.15, 0.2) is 34.8 Å². The van der Waals surface area contributed by atoms with E-state index >= 15 is 0 Å². The van der Waals surface area contributed by atoms with Gasteiger partial charge in [-0.2, -0.15) is 11.3 Å². The zero-order valence-electron chi connectivity index (χ0n) is 39.2. The number of nitrogens with zero attached hydrogens (tertiary/aromatic N) is 2. The first kappa shape index (κ1) is 50.7. The Morgan fingerprint density at radius 2 is 1.08 bits per heavy atom. The highest BCUT2D eigenvalue weighted by Crippen LogP contribution is 2.32. The van der Waals surface area contributed by atoms with E-state index in [4.69, 9.17) is 9.47 Å². The van der Waals surface area contributed by atoms with Crippen molar-refractivity contribution in [2.75, 3.05) is 23.8 Å². The molecule has 10 rings (SSSR count). The van der Waals surface area contributed by atoms with Crippen LogP contribution < -0.4 is 31.2 Å². The van der Waals surface area contributed by atoms with E-state index in [2.05, 4.69) is 10.6 Å². The number of carbonyl (C=O) groups excluding carboxylic acids is 4. The molecule has 2 N–H and O–H groups in total. The summed E-state index contributed by atoms with van der Waals surface area (Å²) in [6.07, 6.45) is 3.79. The summed E-state index contributed by atoms with van der Waals surface area (Å²) >= 11 is 3.00. The fraction of sp³-hybridized carbons (Fsp3) is 0.179. The number of hydrogen-bond donors (Lipinski definition) is 2. The molecule has 8 aromatic rings. The van der Waals surface area contributed by atoms with Crippen molar-refractivity contribution in [3.8, 4) is 11.5 Å². The van der Waals surface area contributed by atoms with E-state index in [1.807, 2.05) is 46.5 Å². The van der Waals surface area contributed by atoms with Crippen molar-refractivity contribution >= 4 is 57.4 Å². The third kappa shape index (κ3) is 12.2. The summed E-state index contributed by atoms with van der Waals surface area (Å²) < 4.78 is 68.3. The Bertz CT molecular complexity index is 3290. The molecule has 0 bridgehead atoms. The van der Waals surface area contributed by atoms with E-state index < -0.39 is 34.4 Å². The van der Waals surface area contributed by atoms with Gasteiger partial charge in [0.05, 0.1) is 50.3 Å². The van der Waals surface area contributed by atoms with Crippen LogP contribution in [0.2, 0.25) is 0 Å². The van der Waals surface area contributed by atoms with Crippen LogP contribution in [0.5, 0.6) is 11.5 Å². The van der Waals surface area contributed by atoms with Gasteiger partial charge in [0.25, 0.3) is 11.1 Å². The highest BCUT2D eigenvalue weighted by Gasteiger charge is 2.25. The molecule has 2 aliphatic heterocycles. The molecule has 0 fully saturated rings. The molecule has 0 saturated carbocycles. The molecule has 6 heterocycles. The molecule has 2 amide bonds. The molecule has 18 heteroatoms. The van der Waals surface area contributed by atoms with Crippen molar-refractivity contribution in [3.63, 3.8) is 0 Å². The number of nitrogens with one attached hydrogen (secondary N) is 2. The molecule has 4 aromatic heterocycles. The number of fused-ring (bicyclic) bond motifs is 2. The monoisotopic (exact) mass is 1040 g/mol. The van der Waals surface area contributed by atoms with Crippen LogP contribution in [0.3, 0.4) is 0 Å². The van der Waals surface area contributed by atoms with Crippen LogP contribution in [0.15, 0.2) is 153 Å². The lowest BCUT2D eigenvalue weighted by Crippen LogP contribution is -2.27. The molecular formula is C56H44F4N4O8S2. The second-order valence-electron chi connectivity index (χ2n) is 17.6. The van der Waals surface area contributed by atoms with Gasteiger partial charge in [-0.1, -0.05) is 30.3 Å². The number of pyridine rings is 2. The summed E-state index contributed by atoms with van der Waals surface area (Å²) in [5.41, 5.74) is 4.02. The van der Waals surface area contributed by atoms with Gasteiger partial charge in [0.1, 0.15) is 11.5 Å². The Morgan fingerprint density at radius 3 is 1.55 bits per heavy atom. The fourth-order valence-corrected chi connectivity index (χ4v) is 10.1. The lowest BCUT2D eigenvalue weighted by atomic mass is 9.94. The molecule has 0 spiro atoms. The number of halogens is 4. The van der Waals surface area contributed by atoms with Crippen LogP contribution in [0, 0.1) is 23.3 Å². The maximum absolute atomic E-state index is 13.6. The molecule has 376 valence electrons. The summed E-state index contributed by atoms with van der Waals surface area (Å²) in [6.45, 7) is 0.409. The molecule has 0 unspecified atom stereocenters. The zero-order chi connectivity index (χ0) is 51.9. The molecular weight excluding hydrogens is 997 g/mol. The van der Waals surface area contributed by atoms with Crippen LogP contribution in [-0.2, 0) is 35.5 Å². The van der Waals surface area contributed by atoms with Crippen LogP contribution in [0.25, 0.3) is 0 Å². The Morgan fingerprint density at radius 1 is 0.568 bits per heavy atom. The van der Waals surface area contributed by atoms with E-state index in [1.165, 1.54) is 68.5 Å². The Labute approximate surface area is 428 Å². The highest BCUT2D eigenvalue weighted by molar-refractivity contribution is 7.10. The van der Waals surface area contributed by atoms with E-state index in [0.717, 1.165) is 57.2 Å². The van der Waals surface area contributed by atoms with Gasteiger partial charge in [0.2, 0.25) is 11.8 Å². The van der Waals surface area contributed by atoms with Gasteiger partial charge in [-0.15, -0.1) is 11.3 Å². The van der Waals surface area contributed by atoms with E-state index in [9.17, 15) is 46.3 Å². The third-order valence-electron chi connectivity index (χ3n) is 12.5. The Hall–Kier alpha value is -8.22. The third-order valence-corrected chi connectivity index (χ3v) is 14.2. The van der Waals surface area contributed by atoms with Crippen molar-refractivity contribution < 1.29 is 46.2 Å². The molecule has 2 aliphatic rings. The number of amides is 2. The number of ketones is 2. The quantitative estimate of drug-likeness (QED) is 0.0636. The maximum atomic E-state index is 13.6. The van der Waals surface area contributed by atoms with E-state index in [0.29, 0.717) is 35.5 Å². The normalized spacial score (nSPS) is 13.2. The molecule has 12 nitrogen and oxygen atoms in total. The molecule has 0 radical (unpaired) electrons. The van der Waals surface area contributed by atoms with Gasteiger partial charge >= 0.3 is 0 Å². The van der Waals surface area contributed by atoms with Gasteiger partial charge in [-0.3, -0.25) is 28.8 Å². The summed E-state index contributed by atoms with van der Waals surface area (Å²) in [4.78, 5) is 76.8. The predicted octanol–water partition coefficient (Wildman–Crippen LogP) is 10.3. The Balaban J connectivity index is 0.000000182. The van der Waals surface area contributed by atoms with Gasteiger partial charge in [0, 0.05) is 65.5 Å². The minimum atomic E-state index is -0.998. The van der Waals surface area contributed by atoms with Gasteiger partial charge in [-0.05, 0) is 117 Å². The average Bonchev–Trinajstić information content (AvgIpc) is 4.24. The standard InChI is InChI=1S/2C28H22F2N2O4S/c29-22-8-5-17(11-23(22)30)15-32-9-1-3-21(28(32)35)25(33)12-19(26-4-2-10-37-26)16-36-20-7-6-18-13-27(34)31-24(18)14-20;29-23-6-3-17(10-24(23)30)14-32-8-1-2-22(28(32)35)26(33)11-20(19-7-9-37-16-19)15-36-21-5-4-18-12-27(34)31-25(18)13-21/h1-11,14,19H,12-13,15-16H2,(H,31,34);1-10,13,16,20H,11-12,14-15H2,(H,31,34)/t19-;20-/m00/s1. The summed E-state index contributed by atoms with van der Waals surface area (Å²) in [7, 11) is 0. The first-order valence-corrected chi connectivity index (χ1v) is 25.1. The number of benzene rings is 4. The number of rotatable bonds is 18. The zero-order valence-corrected chi connectivity index (χ0v) is 40.8. The van der Waals surface area contributed by atoms with Crippen molar-refractivity contribution in [2.45, 2.75) is 50.6 Å². The number of thiophene rings is 2.